The molecule has 0 saturated heterocycles. The van der Waals surface area contributed by atoms with E-state index in [2.05, 4.69) is 0 Å². The van der Waals surface area contributed by atoms with E-state index >= 15 is 0 Å². The molecule has 4 nitrogen and oxygen atoms in total. The van der Waals surface area contributed by atoms with Crippen LogP contribution in [0.25, 0.3) is 0 Å². The molecule has 1 aliphatic heterocycles. The van der Waals surface area contributed by atoms with Crippen LogP contribution in [0.15, 0.2) is 12.1 Å². The average Bonchev–Trinajstić information content (AvgIpc) is 2.98. The first-order valence-electron chi connectivity index (χ1n) is 5.92. The molecule has 0 spiro atoms. The molecular formula is C13H14O4. The Labute approximate surface area is 99.5 Å². The van der Waals surface area contributed by atoms with Crippen LogP contribution < -0.4 is 14.2 Å². The Balaban J connectivity index is 1.88. The SMILES string of the molecule is O=Cc1cc2c(cc1OC1CCCC1)OCO2. The zero-order chi connectivity index (χ0) is 11.7. The first kappa shape index (κ1) is 10.4. The molecule has 4 heteroatoms. The summed E-state index contributed by atoms with van der Waals surface area (Å²) in [6.45, 7) is 0.209. The number of carbonyl (C=O) groups excluding carboxylic acids is 1. The van der Waals surface area contributed by atoms with E-state index in [9.17, 15) is 4.79 Å². The van der Waals surface area contributed by atoms with Crippen LogP contribution in [-0.4, -0.2) is 19.2 Å². The van der Waals surface area contributed by atoms with Crippen molar-refractivity contribution in [3.05, 3.63) is 17.7 Å². The van der Waals surface area contributed by atoms with Crippen molar-refractivity contribution in [1.29, 1.82) is 0 Å². The molecule has 1 aromatic carbocycles. The number of carbonyl (C=O) groups is 1. The van der Waals surface area contributed by atoms with Gasteiger partial charge in [0.2, 0.25) is 6.79 Å². The molecule has 0 aromatic heterocycles. The van der Waals surface area contributed by atoms with Crippen molar-refractivity contribution >= 4 is 6.29 Å². The Morgan fingerprint density at radius 3 is 2.59 bits per heavy atom. The van der Waals surface area contributed by atoms with E-state index in [1.807, 2.05) is 0 Å². The Morgan fingerprint density at radius 1 is 1.18 bits per heavy atom. The van der Waals surface area contributed by atoms with Crippen molar-refractivity contribution in [3.63, 3.8) is 0 Å². The van der Waals surface area contributed by atoms with E-state index in [0.717, 1.165) is 19.1 Å². The summed E-state index contributed by atoms with van der Waals surface area (Å²) in [6.07, 6.45) is 5.55. The highest BCUT2D eigenvalue weighted by Gasteiger charge is 2.22. The third-order valence-electron chi connectivity index (χ3n) is 3.23. The van der Waals surface area contributed by atoms with Gasteiger partial charge in [-0.1, -0.05) is 0 Å². The fourth-order valence-electron chi connectivity index (χ4n) is 2.32. The van der Waals surface area contributed by atoms with Gasteiger partial charge in [-0.25, -0.2) is 0 Å². The second-order valence-electron chi connectivity index (χ2n) is 4.39. The fourth-order valence-corrected chi connectivity index (χ4v) is 2.32. The van der Waals surface area contributed by atoms with Gasteiger partial charge in [-0.2, -0.15) is 0 Å². The molecular weight excluding hydrogens is 220 g/mol. The van der Waals surface area contributed by atoms with Gasteiger partial charge in [0.1, 0.15) is 5.75 Å². The summed E-state index contributed by atoms with van der Waals surface area (Å²) in [5.74, 6) is 1.88. The van der Waals surface area contributed by atoms with Gasteiger partial charge in [0.05, 0.1) is 11.7 Å². The van der Waals surface area contributed by atoms with Gasteiger partial charge < -0.3 is 14.2 Å². The van der Waals surface area contributed by atoms with Crippen molar-refractivity contribution in [2.75, 3.05) is 6.79 Å². The summed E-state index contributed by atoms with van der Waals surface area (Å²) < 4.78 is 16.4. The number of fused-ring (bicyclic) bond motifs is 1. The summed E-state index contributed by atoms with van der Waals surface area (Å²) in [4.78, 5) is 11.0. The molecule has 2 aliphatic rings. The van der Waals surface area contributed by atoms with Crippen LogP contribution in [0, 0.1) is 0 Å². The zero-order valence-electron chi connectivity index (χ0n) is 9.48. The molecule has 0 bridgehead atoms. The number of hydrogen-bond donors (Lipinski definition) is 0. The van der Waals surface area contributed by atoms with Crippen LogP contribution in [0.1, 0.15) is 36.0 Å². The van der Waals surface area contributed by atoms with Crippen molar-refractivity contribution in [2.45, 2.75) is 31.8 Å². The van der Waals surface area contributed by atoms with Crippen LogP contribution in [0.5, 0.6) is 17.2 Å². The van der Waals surface area contributed by atoms with E-state index in [1.54, 1.807) is 12.1 Å². The molecule has 0 radical (unpaired) electrons. The van der Waals surface area contributed by atoms with E-state index in [1.165, 1.54) is 12.8 Å². The Hall–Kier alpha value is -1.71. The highest BCUT2D eigenvalue weighted by molar-refractivity contribution is 5.81. The molecule has 0 unspecified atom stereocenters. The largest absolute Gasteiger partial charge is 0.490 e. The molecule has 1 saturated carbocycles. The number of ether oxygens (including phenoxy) is 3. The lowest BCUT2D eigenvalue weighted by Gasteiger charge is -2.15. The van der Waals surface area contributed by atoms with Gasteiger partial charge in [-0.3, -0.25) is 4.79 Å². The van der Waals surface area contributed by atoms with Crippen LogP contribution in [-0.2, 0) is 0 Å². The first-order chi connectivity index (χ1) is 8.36. The number of rotatable bonds is 3. The predicted molar refractivity (Wildman–Crippen MR) is 60.8 cm³/mol. The Kier molecular flexibility index (Phi) is 2.63. The van der Waals surface area contributed by atoms with Crippen LogP contribution in [0.2, 0.25) is 0 Å². The molecule has 0 N–H and O–H groups in total. The summed E-state index contributed by atoms with van der Waals surface area (Å²) in [7, 11) is 0. The number of aldehydes is 1. The molecule has 1 aliphatic carbocycles. The monoisotopic (exact) mass is 234 g/mol. The maximum absolute atomic E-state index is 11.0. The summed E-state index contributed by atoms with van der Waals surface area (Å²) in [5, 5.41) is 0. The Bertz CT molecular complexity index is 435. The molecule has 90 valence electrons. The second-order valence-corrected chi connectivity index (χ2v) is 4.39. The highest BCUT2D eigenvalue weighted by Crippen LogP contribution is 2.38. The predicted octanol–water partition coefficient (Wildman–Crippen LogP) is 2.55. The lowest BCUT2D eigenvalue weighted by Crippen LogP contribution is -2.12. The normalized spacial score (nSPS) is 18.4. The van der Waals surface area contributed by atoms with Gasteiger partial charge in [0, 0.05) is 6.07 Å². The van der Waals surface area contributed by atoms with Gasteiger partial charge in [0.25, 0.3) is 0 Å². The van der Waals surface area contributed by atoms with Crippen LogP contribution in [0.4, 0.5) is 0 Å². The summed E-state index contributed by atoms with van der Waals surface area (Å²) in [6, 6.07) is 3.43. The van der Waals surface area contributed by atoms with Crippen molar-refractivity contribution in [3.8, 4) is 17.2 Å². The Morgan fingerprint density at radius 2 is 1.88 bits per heavy atom. The minimum Gasteiger partial charge on any atom is -0.490 e. The lowest BCUT2D eigenvalue weighted by atomic mass is 10.2. The molecule has 0 atom stereocenters. The minimum atomic E-state index is 0.209. The average molecular weight is 234 g/mol. The van der Waals surface area contributed by atoms with Crippen molar-refractivity contribution in [1.82, 2.24) is 0 Å². The van der Waals surface area contributed by atoms with E-state index < -0.39 is 0 Å². The molecule has 17 heavy (non-hydrogen) atoms. The van der Waals surface area contributed by atoms with Gasteiger partial charge >= 0.3 is 0 Å². The third kappa shape index (κ3) is 1.95. The van der Waals surface area contributed by atoms with E-state index in [-0.39, 0.29) is 12.9 Å². The van der Waals surface area contributed by atoms with Gasteiger partial charge in [0.15, 0.2) is 17.8 Å². The van der Waals surface area contributed by atoms with E-state index in [4.69, 9.17) is 14.2 Å². The highest BCUT2D eigenvalue weighted by atomic mass is 16.7. The third-order valence-corrected chi connectivity index (χ3v) is 3.23. The molecule has 3 rings (SSSR count). The molecule has 1 heterocycles. The summed E-state index contributed by atoms with van der Waals surface area (Å²) >= 11 is 0. The first-order valence-corrected chi connectivity index (χ1v) is 5.92. The van der Waals surface area contributed by atoms with Crippen LogP contribution in [0.3, 0.4) is 0 Å². The van der Waals surface area contributed by atoms with E-state index in [0.29, 0.717) is 22.8 Å². The topological polar surface area (TPSA) is 44.8 Å². The van der Waals surface area contributed by atoms with Crippen molar-refractivity contribution in [2.24, 2.45) is 0 Å². The quantitative estimate of drug-likeness (QED) is 0.754. The molecule has 0 amide bonds. The standard InChI is InChI=1S/C13H14O4/c14-7-9-5-12-13(16-8-15-12)6-11(9)17-10-3-1-2-4-10/h5-7,10H,1-4,8H2. The summed E-state index contributed by atoms with van der Waals surface area (Å²) in [5.41, 5.74) is 0.529. The number of benzene rings is 1. The second kappa shape index (κ2) is 4.28. The fraction of sp³-hybridized carbons (Fsp3) is 0.462. The van der Waals surface area contributed by atoms with Crippen LogP contribution >= 0.6 is 0 Å². The van der Waals surface area contributed by atoms with Crippen molar-refractivity contribution < 1.29 is 19.0 Å². The maximum atomic E-state index is 11.0. The molecule has 1 aromatic rings. The lowest BCUT2D eigenvalue weighted by molar-refractivity contribution is 0.111. The smallest absolute Gasteiger partial charge is 0.231 e. The number of hydrogen-bond acceptors (Lipinski definition) is 4. The minimum absolute atomic E-state index is 0.209. The van der Waals surface area contributed by atoms with Gasteiger partial charge in [-0.05, 0) is 31.7 Å². The maximum Gasteiger partial charge on any atom is 0.231 e. The van der Waals surface area contributed by atoms with Gasteiger partial charge in [-0.15, -0.1) is 0 Å². The zero-order valence-corrected chi connectivity index (χ0v) is 9.48. The molecule has 1 fully saturated rings.